The fraction of sp³-hybridized carbons (Fsp3) is 0.464. The smallest absolute Gasteiger partial charge is 0.134 e. The van der Waals surface area contributed by atoms with Crippen LogP contribution in [0.25, 0.3) is 0 Å². The van der Waals surface area contributed by atoms with Crippen LogP contribution in [0, 0.1) is 6.92 Å². The van der Waals surface area contributed by atoms with Gasteiger partial charge < -0.3 is 23.9 Å². The van der Waals surface area contributed by atoms with E-state index in [-0.39, 0.29) is 13.2 Å². The van der Waals surface area contributed by atoms with Gasteiger partial charge in [-0.1, -0.05) is 43.7 Å². The van der Waals surface area contributed by atoms with Crippen LogP contribution < -0.4 is 9.47 Å². The van der Waals surface area contributed by atoms with E-state index in [1.54, 1.807) is 0 Å². The minimum absolute atomic E-state index is 0.189. The molecule has 7 heteroatoms. The number of rotatable bonds is 10. The Hall–Kier alpha value is -2.87. The van der Waals surface area contributed by atoms with Crippen LogP contribution in [-0.4, -0.2) is 64.7 Å². The van der Waals surface area contributed by atoms with Gasteiger partial charge in [-0.3, -0.25) is 4.90 Å². The number of ether oxygens (including phenoxy) is 3. The van der Waals surface area contributed by atoms with Gasteiger partial charge in [-0.15, -0.1) is 0 Å². The number of benzene rings is 2. The van der Waals surface area contributed by atoms with Crippen molar-refractivity contribution < 1.29 is 19.3 Å². The molecule has 3 aromatic rings. The van der Waals surface area contributed by atoms with E-state index in [1.165, 1.54) is 5.56 Å². The molecule has 1 aromatic heterocycles. The summed E-state index contributed by atoms with van der Waals surface area (Å²) in [5.41, 5.74) is 1.28. The van der Waals surface area contributed by atoms with Crippen molar-refractivity contribution in [2.45, 2.75) is 45.4 Å². The van der Waals surface area contributed by atoms with Crippen LogP contribution >= 0.6 is 0 Å². The van der Waals surface area contributed by atoms with Gasteiger partial charge in [0.25, 0.3) is 0 Å². The molecule has 1 aliphatic rings. The van der Waals surface area contributed by atoms with Gasteiger partial charge in [0.05, 0.1) is 19.8 Å². The molecule has 4 rings (SSSR count). The maximum absolute atomic E-state index is 11.2. The molecule has 0 saturated carbocycles. The van der Waals surface area contributed by atoms with Crippen molar-refractivity contribution >= 4 is 0 Å². The first kappa shape index (κ1) is 25.2. The number of hydrogen-bond donors (Lipinski definition) is 1. The molecule has 1 atom stereocenters. The van der Waals surface area contributed by atoms with Crippen LogP contribution in [0.2, 0.25) is 0 Å². The van der Waals surface area contributed by atoms with Crippen molar-refractivity contribution in [3.05, 3.63) is 77.9 Å². The zero-order valence-corrected chi connectivity index (χ0v) is 21.0. The zero-order valence-electron chi connectivity index (χ0n) is 21.0. The predicted molar refractivity (Wildman–Crippen MR) is 136 cm³/mol. The van der Waals surface area contributed by atoms with Gasteiger partial charge >= 0.3 is 0 Å². The topological polar surface area (TPSA) is 69.0 Å². The SMILES string of the molecule is Cc1ccc(OCC2(O)COCCN(Cc3ccc(OCCn4ccnc4C(C)C)cc3)C2)cc1. The quantitative estimate of drug-likeness (QED) is 0.473. The van der Waals surface area contributed by atoms with Gasteiger partial charge in [-0.2, -0.15) is 0 Å². The maximum Gasteiger partial charge on any atom is 0.134 e. The second-order valence-electron chi connectivity index (χ2n) is 9.72. The van der Waals surface area contributed by atoms with Crippen LogP contribution in [-0.2, 0) is 17.8 Å². The Labute approximate surface area is 208 Å². The van der Waals surface area contributed by atoms with Crippen LogP contribution in [0.1, 0.15) is 36.7 Å². The van der Waals surface area contributed by atoms with Crippen LogP contribution in [0.3, 0.4) is 0 Å². The lowest BCUT2D eigenvalue weighted by molar-refractivity contribution is -0.0646. The molecule has 0 aliphatic carbocycles. The molecular weight excluding hydrogens is 442 g/mol. The number of aryl methyl sites for hydroxylation is 1. The van der Waals surface area contributed by atoms with Gasteiger partial charge in [0.15, 0.2) is 0 Å². The van der Waals surface area contributed by atoms with E-state index in [1.807, 2.05) is 55.7 Å². The Kier molecular flexibility index (Phi) is 8.44. The van der Waals surface area contributed by atoms with Crippen LogP contribution in [0.4, 0.5) is 0 Å². The van der Waals surface area contributed by atoms with Gasteiger partial charge in [0.1, 0.15) is 36.1 Å². The first-order chi connectivity index (χ1) is 16.9. The van der Waals surface area contributed by atoms with E-state index in [9.17, 15) is 5.11 Å². The summed E-state index contributed by atoms with van der Waals surface area (Å²) in [7, 11) is 0. The molecule has 2 heterocycles. The van der Waals surface area contributed by atoms with E-state index in [0.29, 0.717) is 25.7 Å². The Morgan fingerprint density at radius 3 is 2.51 bits per heavy atom. The minimum atomic E-state index is -1.06. The number of aromatic nitrogens is 2. The molecule has 35 heavy (non-hydrogen) atoms. The molecule has 1 saturated heterocycles. The highest BCUT2D eigenvalue weighted by Gasteiger charge is 2.33. The molecule has 0 radical (unpaired) electrons. The van der Waals surface area contributed by atoms with Crippen molar-refractivity contribution in [2.75, 3.05) is 39.5 Å². The number of hydrogen-bond acceptors (Lipinski definition) is 6. The van der Waals surface area contributed by atoms with Crippen LogP contribution in [0.5, 0.6) is 11.5 Å². The van der Waals surface area contributed by atoms with Crippen molar-refractivity contribution in [1.29, 1.82) is 0 Å². The lowest BCUT2D eigenvalue weighted by Crippen LogP contribution is -2.48. The number of aliphatic hydroxyl groups is 1. The second-order valence-corrected chi connectivity index (χ2v) is 9.72. The molecule has 188 valence electrons. The first-order valence-electron chi connectivity index (χ1n) is 12.3. The Morgan fingerprint density at radius 1 is 1.06 bits per heavy atom. The molecule has 2 aromatic carbocycles. The molecule has 1 aliphatic heterocycles. The summed E-state index contributed by atoms with van der Waals surface area (Å²) in [4.78, 5) is 6.64. The Morgan fingerprint density at radius 2 is 1.77 bits per heavy atom. The predicted octanol–water partition coefficient (Wildman–Crippen LogP) is 4.04. The van der Waals surface area contributed by atoms with Gasteiger partial charge in [-0.25, -0.2) is 4.98 Å². The first-order valence-corrected chi connectivity index (χ1v) is 12.3. The molecule has 1 unspecified atom stereocenters. The number of β-amino-alcohol motifs (C(OH)–C–C–N with tert-alkyl or cyclic N) is 1. The standard InChI is InChI=1S/C28H37N3O4/c1-22(2)27-29-12-13-31(27)15-17-34-25-10-6-24(7-11-25)18-30-14-16-33-20-28(32,19-30)21-35-26-8-4-23(3)5-9-26/h4-13,22,32H,14-21H2,1-3H3. The third-order valence-corrected chi connectivity index (χ3v) is 6.16. The lowest BCUT2D eigenvalue weighted by Gasteiger charge is -2.30. The molecule has 7 nitrogen and oxygen atoms in total. The van der Waals surface area contributed by atoms with E-state index in [2.05, 4.69) is 40.4 Å². The van der Waals surface area contributed by atoms with E-state index >= 15 is 0 Å². The molecule has 0 bridgehead atoms. The molecule has 1 N–H and O–H groups in total. The van der Waals surface area contributed by atoms with E-state index in [4.69, 9.17) is 14.2 Å². The summed E-state index contributed by atoms with van der Waals surface area (Å²) < 4.78 is 19.7. The largest absolute Gasteiger partial charge is 0.492 e. The third-order valence-electron chi connectivity index (χ3n) is 6.16. The zero-order chi connectivity index (χ0) is 24.7. The van der Waals surface area contributed by atoms with Crippen molar-refractivity contribution in [3.63, 3.8) is 0 Å². The van der Waals surface area contributed by atoms with Gasteiger partial charge in [0.2, 0.25) is 0 Å². The van der Waals surface area contributed by atoms with Crippen molar-refractivity contribution in [3.8, 4) is 11.5 Å². The maximum atomic E-state index is 11.2. The number of nitrogens with zero attached hydrogens (tertiary/aromatic N) is 3. The highest BCUT2D eigenvalue weighted by Crippen LogP contribution is 2.20. The van der Waals surface area contributed by atoms with Crippen LogP contribution in [0.15, 0.2) is 60.9 Å². The average Bonchev–Trinajstić information content (AvgIpc) is 3.24. The second kappa shape index (κ2) is 11.7. The summed E-state index contributed by atoms with van der Waals surface area (Å²) in [6.45, 7) is 10.7. The lowest BCUT2D eigenvalue weighted by atomic mass is 10.1. The summed E-state index contributed by atoms with van der Waals surface area (Å²) in [6, 6.07) is 16.0. The highest BCUT2D eigenvalue weighted by molar-refractivity contribution is 5.28. The monoisotopic (exact) mass is 479 g/mol. The Bertz CT molecular complexity index is 1050. The van der Waals surface area contributed by atoms with Gasteiger partial charge in [0, 0.05) is 37.9 Å². The molecule has 1 fully saturated rings. The molecular formula is C28H37N3O4. The number of imidazole rings is 1. The third kappa shape index (κ3) is 7.31. The summed E-state index contributed by atoms with van der Waals surface area (Å²) in [5, 5.41) is 11.2. The summed E-state index contributed by atoms with van der Waals surface area (Å²) in [5.74, 6) is 3.07. The molecule has 0 amide bonds. The summed E-state index contributed by atoms with van der Waals surface area (Å²) >= 11 is 0. The van der Waals surface area contributed by atoms with E-state index < -0.39 is 5.60 Å². The average molecular weight is 480 g/mol. The van der Waals surface area contributed by atoms with Gasteiger partial charge in [-0.05, 0) is 36.8 Å². The fourth-order valence-electron chi connectivity index (χ4n) is 4.29. The Balaban J connectivity index is 1.27. The fourth-order valence-corrected chi connectivity index (χ4v) is 4.29. The summed E-state index contributed by atoms with van der Waals surface area (Å²) in [6.07, 6.45) is 3.84. The van der Waals surface area contributed by atoms with E-state index in [0.717, 1.165) is 42.5 Å². The van der Waals surface area contributed by atoms with Crippen molar-refractivity contribution in [2.24, 2.45) is 0 Å². The molecule has 0 spiro atoms. The highest BCUT2D eigenvalue weighted by atomic mass is 16.5. The van der Waals surface area contributed by atoms with Crippen molar-refractivity contribution in [1.82, 2.24) is 14.5 Å². The minimum Gasteiger partial charge on any atom is -0.492 e. The normalized spacial score (nSPS) is 19.0.